The van der Waals surface area contributed by atoms with Crippen molar-refractivity contribution in [3.05, 3.63) is 211 Å². The maximum absolute atomic E-state index is 3.96. The van der Waals surface area contributed by atoms with E-state index in [0.29, 0.717) is 0 Å². The first-order chi connectivity index (χ1) is 26.2. The molecule has 0 amide bonds. The van der Waals surface area contributed by atoms with Crippen LogP contribution >= 0.6 is 0 Å². The molecule has 7 aromatic rings. The van der Waals surface area contributed by atoms with Gasteiger partial charge in [0.15, 0.2) is 0 Å². The lowest BCUT2D eigenvalue weighted by Crippen LogP contribution is -2.30. The summed E-state index contributed by atoms with van der Waals surface area (Å²) in [4.78, 5) is 2.54. The third-order valence-corrected chi connectivity index (χ3v) is 11.0. The van der Waals surface area contributed by atoms with Crippen molar-refractivity contribution in [3.8, 4) is 27.9 Å². The molecular formula is C51H42N2. The first kappa shape index (κ1) is 32.5. The van der Waals surface area contributed by atoms with Crippen LogP contribution in [0.3, 0.4) is 0 Å². The van der Waals surface area contributed by atoms with Gasteiger partial charge in [-0.15, -0.1) is 0 Å². The van der Waals surface area contributed by atoms with Crippen molar-refractivity contribution in [3.63, 3.8) is 0 Å². The molecule has 1 aliphatic heterocycles. The van der Waals surface area contributed by atoms with Gasteiger partial charge in [0.1, 0.15) is 0 Å². The van der Waals surface area contributed by atoms with Crippen LogP contribution in [0, 0.1) is 0 Å². The summed E-state index contributed by atoms with van der Waals surface area (Å²) < 4.78 is 2.48. The fourth-order valence-corrected chi connectivity index (χ4v) is 8.60. The van der Waals surface area contributed by atoms with E-state index in [1.807, 2.05) is 12.2 Å². The molecule has 0 N–H and O–H groups in total. The Kier molecular flexibility index (Phi) is 8.37. The molecule has 0 radical (unpaired) electrons. The molecule has 0 saturated heterocycles. The summed E-state index contributed by atoms with van der Waals surface area (Å²) in [6.45, 7) is 10.0. The normalized spacial score (nSPS) is 15.9. The molecule has 2 unspecified atom stereocenters. The fourth-order valence-electron chi connectivity index (χ4n) is 8.60. The van der Waals surface area contributed by atoms with Crippen LogP contribution in [0.1, 0.15) is 47.2 Å². The topological polar surface area (TPSA) is 8.17 Å². The number of hydrogen-bond acceptors (Lipinski definition) is 1. The molecular weight excluding hydrogens is 641 g/mol. The number of nitrogens with zero attached hydrogens (tertiary/aromatic N) is 2. The van der Waals surface area contributed by atoms with Crippen LogP contribution < -0.4 is 4.90 Å². The van der Waals surface area contributed by atoms with Crippen LogP contribution in [0.4, 0.5) is 11.4 Å². The molecule has 0 fully saturated rings. The Morgan fingerprint density at radius 2 is 1.38 bits per heavy atom. The molecule has 9 rings (SSSR count). The van der Waals surface area contributed by atoms with Gasteiger partial charge in [-0.25, -0.2) is 0 Å². The van der Waals surface area contributed by atoms with Gasteiger partial charge in [0, 0.05) is 28.4 Å². The van der Waals surface area contributed by atoms with E-state index >= 15 is 0 Å². The van der Waals surface area contributed by atoms with Crippen molar-refractivity contribution in [1.29, 1.82) is 0 Å². The minimum atomic E-state index is 0.159. The summed E-state index contributed by atoms with van der Waals surface area (Å²) in [7, 11) is 0. The number of allylic oxidation sites excluding steroid dienone is 4. The lowest BCUT2D eigenvalue weighted by Gasteiger charge is -2.31. The Labute approximate surface area is 313 Å². The number of rotatable bonds is 9. The summed E-state index contributed by atoms with van der Waals surface area (Å²) in [5.41, 5.74) is 17.4. The number of hydrogen-bond donors (Lipinski definition) is 0. The summed E-state index contributed by atoms with van der Waals surface area (Å²) in [6.07, 6.45) is 12.7. The number of fused-ring (bicyclic) bond motifs is 7. The van der Waals surface area contributed by atoms with Gasteiger partial charge in [0.05, 0.1) is 17.3 Å². The molecule has 0 bridgehead atoms. The number of anilines is 2. The average molecular weight is 683 g/mol. The molecule has 1 aliphatic carbocycles. The van der Waals surface area contributed by atoms with Gasteiger partial charge < -0.3 is 9.47 Å². The van der Waals surface area contributed by atoms with Gasteiger partial charge >= 0.3 is 0 Å². The van der Waals surface area contributed by atoms with Crippen molar-refractivity contribution < 1.29 is 0 Å². The maximum atomic E-state index is 3.96. The van der Waals surface area contributed by atoms with Gasteiger partial charge in [-0.2, -0.15) is 0 Å². The van der Waals surface area contributed by atoms with E-state index in [0.717, 1.165) is 24.0 Å². The summed E-state index contributed by atoms with van der Waals surface area (Å²) >= 11 is 0. The highest BCUT2D eigenvalue weighted by Gasteiger charge is 2.43. The van der Waals surface area contributed by atoms with Crippen molar-refractivity contribution in [1.82, 2.24) is 4.57 Å². The predicted molar refractivity (Wildman–Crippen MR) is 226 cm³/mol. The number of aromatic nitrogens is 1. The molecule has 2 heterocycles. The second kappa shape index (κ2) is 13.6. The highest BCUT2D eigenvalue weighted by Crippen LogP contribution is 2.54. The SMILES string of the molecule is C=C/C=C(\C=C)c1ccc(-c2ccc(N3c4ccccc4C4c5c(n(-c6cccc(-c7ccc(CCC)cc7)c6)c6ccccc56)C=CC43)cc2)cc1. The van der Waals surface area contributed by atoms with E-state index in [1.54, 1.807) is 6.08 Å². The molecule has 0 spiro atoms. The average Bonchev–Trinajstić information content (AvgIpc) is 3.73. The lowest BCUT2D eigenvalue weighted by molar-refractivity contribution is 0.725. The van der Waals surface area contributed by atoms with Crippen molar-refractivity contribution in [2.24, 2.45) is 0 Å². The van der Waals surface area contributed by atoms with Crippen LogP contribution in [0.15, 0.2) is 183 Å². The van der Waals surface area contributed by atoms with Crippen LogP contribution in [-0.2, 0) is 6.42 Å². The standard InChI is InChI=1S/C51H42N2/c1-4-12-35-20-22-40(23-21-35)41-14-11-15-43(34-41)53-47-19-10-8-17-45(47)51-49(53)33-32-48-50(51)44-16-7-9-18-46(44)52(48)42-30-28-39(29-31-42)38-26-24-37(25-27-38)36(6-3)13-5-2/h5-11,13-34,48,50H,2-4,12H2,1H3/b36-13+. The molecule has 0 saturated carbocycles. The Bertz CT molecular complexity index is 2540. The molecule has 53 heavy (non-hydrogen) atoms. The van der Waals surface area contributed by atoms with Crippen LogP contribution in [0.25, 0.3) is 50.5 Å². The maximum Gasteiger partial charge on any atom is 0.0637 e. The molecule has 2 aliphatic rings. The number of benzene rings is 6. The van der Waals surface area contributed by atoms with Gasteiger partial charge in [0.25, 0.3) is 0 Å². The quantitative estimate of drug-likeness (QED) is 0.138. The number of aryl methyl sites for hydroxylation is 1. The predicted octanol–water partition coefficient (Wildman–Crippen LogP) is 13.4. The molecule has 6 aromatic carbocycles. The van der Waals surface area contributed by atoms with E-state index in [4.69, 9.17) is 0 Å². The van der Waals surface area contributed by atoms with Crippen LogP contribution in [-0.4, -0.2) is 10.6 Å². The van der Waals surface area contributed by atoms with E-state index in [1.165, 1.54) is 72.6 Å². The molecule has 2 atom stereocenters. The molecule has 2 heteroatoms. The van der Waals surface area contributed by atoms with Gasteiger partial charge in [-0.1, -0.05) is 160 Å². The smallest absolute Gasteiger partial charge is 0.0637 e. The van der Waals surface area contributed by atoms with Gasteiger partial charge in [-0.05, 0) is 99.0 Å². The lowest BCUT2D eigenvalue weighted by atomic mass is 9.82. The Morgan fingerprint density at radius 1 is 0.679 bits per heavy atom. The fraction of sp³-hybridized carbons (Fsp3) is 0.0980. The summed E-state index contributed by atoms with van der Waals surface area (Å²) in [6, 6.07) is 54.0. The van der Waals surface area contributed by atoms with Crippen LogP contribution in [0.2, 0.25) is 0 Å². The summed E-state index contributed by atoms with van der Waals surface area (Å²) in [5.74, 6) is 0.196. The van der Waals surface area contributed by atoms with E-state index < -0.39 is 0 Å². The Balaban J connectivity index is 1.10. The van der Waals surface area contributed by atoms with E-state index in [2.05, 4.69) is 187 Å². The minimum absolute atomic E-state index is 0.159. The highest BCUT2D eigenvalue weighted by molar-refractivity contribution is 5.94. The zero-order chi connectivity index (χ0) is 35.9. The van der Waals surface area contributed by atoms with Crippen LogP contribution in [0.5, 0.6) is 0 Å². The monoisotopic (exact) mass is 682 g/mol. The van der Waals surface area contributed by atoms with E-state index in [9.17, 15) is 0 Å². The van der Waals surface area contributed by atoms with Crippen molar-refractivity contribution in [2.75, 3.05) is 4.90 Å². The second-order valence-corrected chi connectivity index (χ2v) is 14.1. The molecule has 1 aromatic heterocycles. The third kappa shape index (κ3) is 5.59. The highest BCUT2D eigenvalue weighted by atomic mass is 15.2. The van der Waals surface area contributed by atoms with Crippen molar-refractivity contribution in [2.45, 2.75) is 31.7 Å². The number of para-hydroxylation sites is 2. The summed E-state index contributed by atoms with van der Waals surface area (Å²) in [5, 5.41) is 1.31. The molecule has 256 valence electrons. The first-order valence-corrected chi connectivity index (χ1v) is 18.7. The molecule has 2 nitrogen and oxygen atoms in total. The Hall–Kier alpha value is -6.38. The third-order valence-electron chi connectivity index (χ3n) is 11.0. The van der Waals surface area contributed by atoms with Gasteiger partial charge in [0.2, 0.25) is 0 Å². The zero-order valence-corrected chi connectivity index (χ0v) is 30.1. The largest absolute Gasteiger partial charge is 0.333 e. The van der Waals surface area contributed by atoms with E-state index in [-0.39, 0.29) is 12.0 Å². The minimum Gasteiger partial charge on any atom is -0.333 e. The zero-order valence-electron chi connectivity index (χ0n) is 30.1. The van der Waals surface area contributed by atoms with Gasteiger partial charge in [-0.3, -0.25) is 0 Å². The Morgan fingerprint density at radius 3 is 2.13 bits per heavy atom. The first-order valence-electron chi connectivity index (χ1n) is 18.7. The van der Waals surface area contributed by atoms with Crippen molar-refractivity contribution >= 4 is 33.9 Å². The second-order valence-electron chi connectivity index (χ2n) is 14.1.